The number of benzene rings is 9. The second kappa shape index (κ2) is 13.1. The van der Waals surface area contributed by atoms with Crippen molar-refractivity contribution in [1.29, 1.82) is 0 Å². The van der Waals surface area contributed by atoms with Gasteiger partial charge in [0.1, 0.15) is 22.3 Å². The molecule has 12 aromatic rings. The number of rotatable bonds is 4. The van der Waals surface area contributed by atoms with E-state index in [-0.39, 0.29) is 13.4 Å². The fourth-order valence-corrected chi connectivity index (χ4v) is 13.1. The number of para-hydroxylation sites is 3. The summed E-state index contributed by atoms with van der Waals surface area (Å²) in [4.78, 5) is 0. The highest BCUT2D eigenvalue weighted by molar-refractivity contribution is 7.03. The molecule has 0 bridgehead atoms. The number of hydrogen-bond donors (Lipinski definition) is 0. The highest BCUT2D eigenvalue weighted by atomic mass is 16.3. The molecule has 0 radical (unpaired) electrons. The second-order valence-electron chi connectivity index (χ2n) is 19.0. The first-order chi connectivity index (χ1) is 31.8. The van der Waals surface area contributed by atoms with E-state index < -0.39 is 0 Å². The molecule has 14 rings (SSSR count). The third kappa shape index (κ3) is 4.73. The number of furan rings is 2. The molecular formula is C60H43B2NO2. The summed E-state index contributed by atoms with van der Waals surface area (Å²) in [7, 11) is 0. The van der Waals surface area contributed by atoms with Gasteiger partial charge in [-0.15, -0.1) is 0 Å². The van der Waals surface area contributed by atoms with Crippen LogP contribution in [0.15, 0.2) is 160 Å². The molecule has 0 saturated carbocycles. The van der Waals surface area contributed by atoms with Crippen LogP contribution in [0.1, 0.15) is 33.4 Å². The summed E-state index contributed by atoms with van der Waals surface area (Å²) in [6, 6.07) is 56.3. The molecule has 0 N–H and O–H groups in total. The fourth-order valence-electron chi connectivity index (χ4n) is 13.1. The molecule has 0 amide bonds. The van der Waals surface area contributed by atoms with Crippen LogP contribution in [-0.2, 0) is 0 Å². The van der Waals surface area contributed by atoms with Gasteiger partial charge in [-0.25, -0.2) is 0 Å². The van der Waals surface area contributed by atoms with E-state index in [1.54, 1.807) is 0 Å². The Labute approximate surface area is 378 Å². The first kappa shape index (κ1) is 36.9. The van der Waals surface area contributed by atoms with Crippen LogP contribution in [0.3, 0.4) is 0 Å². The molecule has 0 aliphatic carbocycles. The summed E-state index contributed by atoms with van der Waals surface area (Å²) in [5.41, 5.74) is 28.0. The lowest BCUT2D eigenvalue weighted by molar-refractivity contribution is 0.670. The van der Waals surface area contributed by atoms with Gasteiger partial charge in [-0.05, 0) is 97.8 Å². The maximum Gasteiger partial charge on any atom is 0.248 e. The van der Waals surface area contributed by atoms with Crippen molar-refractivity contribution in [2.75, 3.05) is 0 Å². The Morgan fingerprint density at radius 3 is 1.18 bits per heavy atom. The lowest BCUT2D eigenvalue weighted by Gasteiger charge is -2.37. The molecule has 9 aromatic carbocycles. The molecule has 2 aliphatic rings. The molecule has 0 atom stereocenters. The number of fused-ring (bicyclic) bond motifs is 9. The van der Waals surface area contributed by atoms with E-state index in [0.717, 1.165) is 54.6 Å². The number of aromatic nitrogens is 1. The zero-order valence-corrected chi connectivity index (χ0v) is 37.4. The standard InChI is InChI=1S/C60H43B2NO2/c1-32-28-34(3)52(35(4)29-32)61-42-24-17-25-43-56(42)63-57-50(59-48(40-22-13-15-26-44(40)64-59)46(54(57)61)38-18-9-7-10-19-38)51-58(63)55(62(43)53-36(5)30-33(2)31-37(53)6)47(39-20-11-8-12-21-39)49-41-23-14-16-27-45(41)65-60(49)51/h7-31H,1-6H3. The highest BCUT2D eigenvalue weighted by Gasteiger charge is 2.47. The van der Waals surface area contributed by atoms with Crippen molar-refractivity contribution in [1.82, 2.24) is 4.57 Å². The van der Waals surface area contributed by atoms with Crippen LogP contribution in [0, 0.1) is 41.5 Å². The molecule has 0 saturated heterocycles. The Kier molecular flexibility index (Phi) is 7.42. The molecule has 3 nitrogen and oxygen atoms in total. The lowest BCUT2D eigenvalue weighted by Crippen LogP contribution is -2.64. The van der Waals surface area contributed by atoms with Crippen LogP contribution >= 0.6 is 0 Å². The van der Waals surface area contributed by atoms with Crippen molar-refractivity contribution >= 4 is 112 Å². The summed E-state index contributed by atoms with van der Waals surface area (Å²) < 4.78 is 17.4. The summed E-state index contributed by atoms with van der Waals surface area (Å²) in [5.74, 6) is 0. The van der Waals surface area contributed by atoms with Crippen LogP contribution in [0.4, 0.5) is 0 Å². The summed E-state index contributed by atoms with van der Waals surface area (Å²) in [5, 5.41) is 6.79. The number of aryl methyl sites for hydroxylation is 6. The maximum absolute atomic E-state index is 7.37. The molecular weight excluding hydrogens is 788 g/mol. The molecule has 65 heavy (non-hydrogen) atoms. The topological polar surface area (TPSA) is 31.2 Å². The molecule has 5 heterocycles. The van der Waals surface area contributed by atoms with Gasteiger partial charge in [-0.3, -0.25) is 0 Å². The van der Waals surface area contributed by atoms with Crippen LogP contribution in [0.2, 0.25) is 0 Å². The minimum Gasteiger partial charge on any atom is -0.455 e. The third-order valence-electron chi connectivity index (χ3n) is 15.1. The second-order valence-corrected chi connectivity index (χ2v) is 19.0. The smallest absolute Gasteiger partial charge is 0.248 e. The van der Waals surface area contributed by atoms with Gasteiger partial charge < -0.3 is 13.4 Å². The van der Waals surface area contributed by atoms with Crippen molar-refractivity contribution in [2.24, 2.45) is 0 Å². The Morgan fingerprint density at radius 1 is 0.385 bits per heavy atom. The van der Waals surface area contributed by atoms with E-state index in [1.807, 2.05) is 0 Å². The molecule has 0 fully saturated rings. The maximum atomic E-state index is 7.37. The van der Waals surface area contributed by atoms with E-state index in [0.29, 0.717) is 0 Å². The molecule has 3 aromatic heterocycles. The first-order valence-corrected chi connectivity index (χ1v) is 23.0. The van der Waals surface area contributed by atoms with Crippen LogP contribution in [-0.4, -0.2) is 18.0 Å². The molecule has 5 heteroatoms. The third-order valence-corrected chi connectivity index (χ3v) is 15.1. The van der Waals surface area contributed by atoms with Crippen LogP contribution < -0.4 is 32.8 Å². The van der Waals surface area contributed by atoms with Crippen molar-refractivity contribution in [3.05, 3.63) is 185 Å². The van der Waals surface area contributed by atoms with Crippen molar-refractivity contribution in [2.45, 2.75) is 41.5 Å². The van der Waals surface area contributed by atoms with E-state index in [1.165, 1.54) is 105 Å². The molecule has 0 spiro atoms. The zero-order chi connectivity index (χ0) is 43.6. The normalized spacial score (nSPS) is 13.0. The molecule has 306 valence electrons. The van der Waals surface area contributed by atoms with E-state index in [4.69, 9.17) is 8.83 Å². The zero-order valence-electron chi connectivity index (χ0n) is 37.4. The van der Waals surface area contributed by atoms with E-state index in [2.05, 4.69) is 198 Å². The molecule has 2 aliphatic heterocycles. The summed E-state index contributed by atoms with van der Waals surface area (Å²) in [6.45, 7) is 13.6. The van der Waals surface area contributed by atoms with E-state index >= 15 is 0 Å². The fraction of sp³-hybridized carbons (Fsp3) is 0.100. The Morgan fingerprint density at radius 2 is 0.769 bits per heavy atom. The Hall–Kier alpha value is -7.49. The lowest BCUT2D eigenvalue weighted by atomic mass is 9.29. The quantitative estimate of drug-likeness (QED) is 0.165. The average Bonchev–Trinajstić information content (AvgIpc) is 3.99. The summed E-state index contributed by atoms with van der Waals surface area (Å²) in [6.07, 6.45) is 0. The van der Waals surface area contributed by atoms with Crippen molar-refractivity contribution in [3.63, 3.8) is 0 Å². The van der Waals surface area contributed by atoms with Gasteiger partial charge in [0, 0.05) is 27.2 Å². The minimum absolute atomic E-state index is 0.0831. The number of nitrogens with zero attached hydrogens (tertiary/aromatic N) is 1. The number of hydrogen-bond acceptors (Lipinski definition) is 2. The summed E-state index contributed by atoms with van der Waals surface area (Å²) >= 11 is 0. The predicted molar refractivity (Wildman–Crippen MR) is 277 cm³/mol. The Bertz CT molecular complexity index is 3770. The van der Waals surface area contributed by atoms with Gasteiger partial charge in [0.25, 0.3) is 0 Å². The van der Waals surface area contributed by atoms with Gasteiger partial charge in [-0.2, -0.15) is 0 Å². The van der Waals surface area contributed by atoms with Gasteiger partial charge in [-0.1, -0.05) is 184 Å². The highest BCUT2D eigenvalue weighted by Crippen LogP contribution is 2.50. The van der Waals surface area contributed by atoms with Crippen LogP contribution in [0.5, 0.6) is 0 Å². The van der Waals surface area contributed by atoms with Gasteiger partial charge in [0.15, 0.2) is 0 Å². The molecule has 0 unspecified atom stereocenters. The van der Waals surface area contributed by atoms with Crippen molar-refractivity contribution < 1.29 is 8.83 Å². The first-order valence-electron chi connectivity index (χ1n) is 23.0. The van der Waals surface area contributed by atoms with E-state index in [9.17, 15) is 0 Å². The van der Waals surface area contributed by atoms with Gasteiger partial charge in [0.2, 0.25) is 13.4 Å². The predicted octanol–water partition coefficient (Wildman–Crippen LogP) is 11.4. The minimum atomic E-state index is -0.0831. The van der Waals surface area contributed by atoms with Crippen LogP contribution in [0.25, 0.3) is 93.6 Å². The van der Waals surface area contributed by atoms with Gasteiger partial charge >= 0.3 is 0 Å². The SMILES string of the molecule is Cc1cc(C)c(B2c3cccc4c3-n3c5c2c(-c2ccccc2)c2c6ccccc6oc2c5c2c5oc6ccccc6c5c(-c5ccccc5)c(c23)B4c2c(C)cc(C)cc2C)c(C)c1. The Balaban J connectivity index is 1.36. The van der Waals surface area contributed by atoms with Gasteiger partial charge in [0.05, 0.1) is 21.8 Å². The van der Waals surface area contributed by atoms with Crippen molar-refractivity contribution in [3.8, 4) is 27.9 Å². The monoisotopic (exact) mass is 831 g/mol. The largest absolute Gasteiger partial charge is 0.455 e. The average molecular weight is 832 g/mol.